The summed E-state index contributed by atoms with van der Waals surface area (Å²) < 4.78 is 55.9. The Morgan fingerprint density at radius 3 is 2.47 bits per heavy atom. The van der Waals surface area contributed by atoms with Crippen LogP contribution in [-0.2, 0) is 16.6 Å². The summed E-state index contributed by atoms with van der Waals surface area (Å²) in [7, 11) is -0.789. The molecule has 1 amide bonds. The van der Waals surface area contributed by atoms with Crippen LogP contribution in [0.3, 0.4) is 0 Å². The molecule has 0 radical (unpaired) electrons. The van der Waals surface area contributed by atoms with Crippen molar-refractivity contribution in [2.45, 2.75) is 20.5 Å². The molecule has 38 heavy (non-hydrogen) atoms. The van der Waals surface area contributed by atoms with Gasteiger partial charge in [0.15, 0.2) is 5.82 Å². The predicted molar refractivity (Wildman–Crippen MR) is 146 cm³/mol. The van der Waals surface area contributed by atoms with Crippen molar-refractivity contribution in [3.05, 3.63) is 53.6 Å². The fourth-order valence-electron chi connectivity index (χ4n) is 3.88. The number of fused-ring (bicyclic) bond motifs is 1. The van der Waals surface area contributed by atoms with E-state index in [9.17, 15) is 17.6 Å². The second-order valence-corrected chi connectivity index (χ2v) is 11.1. The molecule has 2 heterocycles. The number of nitrogens with zero attached hydrogens (tertiary/aromatic N) is 4. The Kier molecular flexibility index (Phi) is 7.88. The SMILES string of the molecule is CCN(CC)c1nc(COc2cc3c(C(=O)NC)c(-c4ccc(F)cc4)oc3cc2N(C)S(C)(=O)=O)ns1. The standard InChI is InChI=1S/C25H28FN5O5S2/c1-6-31(7-2)25-28-21(29-37-25)14-35-20-12-17-19(13-18(20)30(4)38(5,33)34)36-23(22(17)24(32)27-3)15-8-10-16(26)11-9-15/h8-13H,6-7,14H2,1-5H3,(H,27,32). The molecule has 0 saturated carbocycles. The molecule has 0 fully saturated rings. The maximum Gasteiger partial charge on any atom is 0.255 e. The molecule has 2 aromatic carbocycles. The van der Waals surface area contributed by atoms with E-state index < -0.39 is 21.7 Å². The van der Waals surface area contributed by atoms with E-state index in [0.717, 1.165) is 28.8 Å². The second-order valence-electron chi connectivity index (χ2n) is 8.39. The molecule has 0 unspecified atom stereocenters. The Morgan fingerprint density at radius 1 is 1.18 bits per heavy atom. The number of anilines is 2. The summed E-state index contributed by atoms with van der Waals surface area (Å²) in [6.07, 6.45) is 1.07. The molecule has 0 atom stereocenters. The van der Waals surface area contributed by atoms with Crippen LogP contribution in [0.4, 0.5) is 15.2 Å². The summed E-state index contributed by atoms with van der Waals surface area (Å²) in [4.78, 5) is 19.5. The summed E-state index contributed by atoms with van der Waals surface area (Å²) in [6, 6.07) is 8.59. The Morgan fingerprint density at radius 2 is 1.87 bits per heavy atom. The quantitative estimate of drug-likeness (QED) is 0.305. The highest BCUT2D eigenvalue weighted by Crippen LogP contribution is 2.41. The number of benzene rings is 2. The van der Waals surface area contributed by atoms with Gasteiger partial charge < -0.3 is 19.4 Å². The lowest BCUT2D eigenvalue weighted by Crippen LogP contribution is -2.25. The van der Waals surface area contributed by atoms with Crippen LogP contribution in [0.5, 0.6) is 5.75 Å². The number of aromatic nitrogens is 2. The summed E-state index contributed by atoms with van der Waals surface area (Å²) in [6.45, 7) is 5.60. The minimum Gasteiger partial charge on any atom is -0.483 e. The Labute approximate surface area is 224 Å². The topological polar surface area (TPSA) is 118 Å². The van der Waals surface area contributed by atoms with Crippen molar-refractivity contribution in [1.82, 2.24) is 14.7 Å². The summed E-state index contributed by atoms with van der Waals surface area (Å²) in [5.74, 6) is -0.00595. The average molecular weight is 562 g/mol. The van der Waals surface area contributed by atoms with Crippen LogP contribution in [0.15, 0.2) is 40.8 Å². The van der Waals surface area contributed by atoms with Gasteiger partial charge in [0.25, 0.3) is 5.91 Å². The molecule has 2 aromatic heterocycles. The second kappa shape index (κ2) is 11.0. The Hall–Kier alpha value is -3.71. The number of sulfonamides is 1. The normalized spacial score (nSPS) is 11.5. The number of carbonyl (C=O) groups is 1. The molecule has 0 aliphatic heterocycles. The van der Waals surface area contributed by atoms with Crippen LogP contribution in [0.1, 0.15) is 30.0 Å². The van der Waals surface area contributed by atoms with Crippen LogP contribution >= 0.6 is 11.5 Å². The highest BCUT2D eigenvalue weighted by atomic mass is 32.2. The van der Waals surface area contributed by atoms with Gasteiger partial charge in [-0.2, -0.15) is 9.36 Å². The van der Waals surface area contributed by atoms with E-state index in [1.165, 1.54) is 56.0 Å². The fraction of sp³-hybridized carbons (Fsp3) is 0.320. The highest BCUT2D eigenvalue weighted by Gasteiger charge is 2.26. The average Bonchev–Trinajstić information content (AvgIpc) is 3.51. The molecule has 4 aromatic rings. The van der Waals surface area contributed by atoms with Crippen LogP contribution in [0.25, 0.3) is 22.3 Å². The van der Waals surface area contributed by atoms with Gasteiger partial charge in [0.05, 0.1) is 17.5 Å². The van der Waals surface area contributed by atoms with E-state index >= 15 is 0 Å². The first kappa shape index (κ1) is 27.3. The zero-order valence-corrected chi connectivity index (χ0v) is 23.2. The van der Waals surface area contributed by atoms with Crippen molar-refractivity contribution < 1.29 is 26.8 Å². The van der Waals surface area contributed by atoms with Crippen molar-refractivity contribution in [3.63, 3.8) is 0 Å². The number of rotatable bonds is 10. The number of hydrogen-bond donors (Lipinski definition) is 1. The lowest BCUT2D eigenvalue weighted by molar-refractivity contribution is 0.0964. The largest absolute Gasteiger partial charge is 0.483 e. The number of ether oxygens (including phenoxy) is 1. The number of hydrogen-bond acceptors (Lipinski definition) is 9. The number of furan rings is 1. The third-order valence-corrected chi connectivity index (χ3v) is 8.02. The number of halogens is 1. The lowest BCUT2D eigenvalue weighted by atomic mass is 10.0. The first-order valence-electron chi connectivity index (χ1n) is 11.8. The van der Waals surface area contributed by atoms with Gasteiger partial charge in [-0.05, 0) is 44.2 Å². The molecule has 202 valence electrons. The van der Waals surface area contributed by atoms with E-state index in [4.69, 9.17) is 9.15 Å². The Balaban J connectivity index is 1.83. The molecule has 4 rings (SSSR count). The number of carbonyl (C=O) groups excluding carboxylic acids is 1. The van der Waals surface area contributed by atoms with Crippen molar-refractivity contribution in [2.24, 2.45) is 0 Å². The molecular weight excluding hydrogens is 533 g/mol. The molecule has 0 bridgehead atoms. The maximum absolute atomic E-state index is 13.5. The molecule has 0 saturated heterocycles. The fourth-order valence-corrected chi connectivity index (χ4v) is 5.18. The molecule has 10 nitrogen and oxygen atoms in total. The van der Waals surface area contributed by atoms with E-state index in [1.807, 2.05) is 13.8 Å². The first-order valence-corrected chi connectivity index (χ1v) is 14.4. The summed E-state index contributed by atoms with van der Waals surface area (Å²) in [5, 5.41) is 3.77. The first-order chi connectivity index (χ1) is 18.1. The smallest absolute Gasteiger partial charge is 0.255 e. The van der Waals surface area contributed by atoms with Gasteiger partial charge >= 0.3 is 0 Å². The van der Waals surface area contributed by atoms with Crippen molar-refractivity contribution in [2.75, 3.05) is 42.6 Å². The number of nitrogens with one attached hydrogen (secondary N) is 1. The highest BCUT2D eigenvalue weighted by molar-refractivity contribution is 7.92. The zero-order chi connectivity index (χ0) is 27.6. The van der Waals surface area contributed by atoms with Gasteiger partial charge in [-0.3, -0.25) is 9.10 Å². The summed E-state index contributed by atoms with van der Waals surface area (Å²) >= 11 is 1.25. The minimum atomic E-state index is -3.67. The molecule has 0 spiro atoms. The molecular formula is C25H28FN5O5S2. The van der Waals surface area contributed by atoms with Gasteiger partial charge in [0, 0.05) is 55.7 Å². The lowest BCUT2D eigenvalue weighted by Gasteiger charge is -2.20. The predicted octanol–water partition coefficient (Wildman–Crippen LogP) is 4.27. The van der Waals surface area contributed by atoms with Crippen LogP contribution < -0.4 is 19.3 Å². The van der Waals surface area contributed by atoms with Crippen LogP contribution in [0.2, 0.25) is 0 Å². The van der Waals surface area contributed by atoms with Gasteiger partial charge in [-0.1, -0.05) is 0 Å². The van der Waals surface area contributed by atoms with Crippen molar-refractivity contribution >= 4 is 49.3 Å². The van der Waals surface area contributed by atoms with E-state index in [-0.39, 0.29) is 35.0 Å². The third-order valence-electron chi connectivity index (χ3n) is 6.01. The Bertz CT molecular complexity index is 1560. The monoisotopic (exact) mass is 561 g/mol. The van der Waals surface area contributed by atoms with Crippen LogP contribution in [0, 0.1) is 5.82 Å². The van der Waals surface area contributed by atoms with Gasteiger partial charge in [-0.25, -0.2) is 12.8 Å². The van der Waals surface area contributed by atoms with E-state index in [0.29, 0.717) is 16.8 Å². The molecule has 13 heteroatoms. The minimum absolute atomic E-state index is 0.0220. The van der Waals surface area contributed by atoms with Gasteiger partial charge in [0.2, 0.25) is 15.2 Å². The van der Waals surface area contributed by atoms with E-state index in [1.54, 1.807) is 6.07 Å². The van der Waals surface area contributed by atoms with E-state index in [2.05, 4.69) is 19.6 Å². The third kappa shape index (κ3) is 5.43. The van der Waals surface area contributed by atoms with Crippen molar-refractivity contribution in [3.8, 4) is 17.1 Å². The van der Waals surface area contributed by atoms with Gasteiger partial charge in [0.1, 0.15) is 29.5 Å². The molecule has 0 aliphatic rings. The zero-order valence-electron chi connectivity index (χ0n) is 21.6. The number of amides is 1. The van der Waals surface area contributed by atoms with Crippen LogP contribution in [-0.4, -0.2) is 57.1 Å². The summed E-state index contributed by atoms with van der Waals surface area (Å²) in [5.41, 5.74) is 1.17. The van der Waals surface area contributed by atoms with Crippen molar-refractivity contribution in [1.29, 1.82) is 0 Å². The van der Waals surface area contributed by atoms with Gasteiger partial charge in [-0.15, -0.1) is 0 Å². The maximum atomic E-state index is 13.5. The molecule has 0 aliphatic carbocycles. The molecule has 1 N–H and O–H groups in total.